The quantitative estimate of drug-likeness (QED) is 0.892. The molecule has 5 nitrogen and oxygen atoms in total. The number of ether oxygens (including phenoxy) is 2. The summed E-state index contributed by atoms with van der Waals surface area (Å²) in [5, 5.41) is 13.2. The topological polar surface area (TPSA) is 67.8 Å². The molecular formula is C16H21NO4. The molecule has 114 valence electrons. The first kappa shape index (κ1) is 14.2. The monoisotopic (exact) mass is 291 g/mol. The van der Waals surface area contributed by atoms with Crippen molar-refractivity contribution in [3.63, 3.8) is 0 Å². The molecule has 1 fully saturated rings. The Morgan fingerprint density at radius 1 is 1.14 bits per heavy atom. The molecule has 0 atom stereocenters. The number of carbonyl (C=O) groups is 1. The minimum atomic E-state index is -0.748. The zero-order chi connectivity index (χ0) is 14.7. The number of hydrogen-bond donors (Lipinski definition) is 2. The molecule has 0 bridgehead atoms. The van der Waals surface area contributed by atoms with Crippen molar-refractivity contribution in [2.24, 2.45) is 0 Å². The molecule has 21 heavy (non-hydrogen) atoms. The number of carbonyl (C=O) groups excluding carboxylic acids is 1. The standard InChI is InChI=1S/C16H21NO4/c18-15(17-11-16(19)6-2-1-3-7-16)12-4-5-13-14(10-12)21-9-8-20-13/h4-5,10,19H,1-3,6-9,11H2,(H,17,18). The molecular weight excluding hydrogens is 270 g/mol. The SMILES string of the molecule is O=C(NCC1(O)CCCCC1)c1ccc2c(c1)OCCO2. The van der Waals surface area contributed by atoms with Crippen molar-refractivity contribution in [3.8, 4) is 11.5 Å². The van der Waals surface area contributed by atoms with Crippen LogP contribution in [-0.2, 0) is 0 Å². The lowest BCUT2D eigenvalue weighted by Crippen LogP contribution is -2.44. The molecule has 1 aromatic carbocycles. The lowest BCUT2D eigenvalue weighted by Gasteiger charge is -2.32. The number of rotatable bonds is 3. The van der Waals surface area contributed by atoms with Crippen LogP contribution in [0, 0.1) is 0 Å². The normalized spacial score (nSPS) is 19.9. The van der Waals surface area contributed by atoms with E-state index < -0.39 is 5.60 Å². The second-order valence-electron chi connectivity index (χ2n) is 5.83. The Balaban J connectivity index is 1.62. The second kappa shape index (κ2) is 5.93. The fraction of sp³-hybridized carbons (Fsp3) is 0.562. The maximum atomic E-state index is 12.2. The van der Waals surface area contributed by atoms with Crippen LogP contribution in [-0.4, -0.2) is 36.4 Å². The Morgan fingerprint density at radius 3 is 2.62 bits per heavy atom. The van der Waals surface area contributed by atoms with Crippen LogP contribution >= 0.6 is 0 Å². The molecule has 0 spiro atoms. The van der Waals surface area contributed by atoms with E-state index in [0.717, 1.165) is 25.7 Å². The Kier molecular flexibility index (Phi) is 4.01. The van der Waals surface area contributed by atoms with Crippen molar-refractivity contribution >= 4 is 5.91 Å². The highest BCUT2D eigenvalue weighted by Gasteiger charge is 2.29. The molecule has 0 aromatic heterocycles. The maximum Gasteiger partial charge on any atom is 0.251 e. The van der Waals surface area contributed by atoms with Gasteiger partial charge in [0.2, 0.25) is 0 Å². The van der Waals surface area contributed by atoms with Gasteiger partial charge in [0, 0.05) is 12.1 Å². The number of aliphatic hydroxyl groups is 1. The van der Waals surface area contributed by atoms with E-state index in [0.29, 0.717) is 36.8 Å². The van der Waals surface area contributed by atoms with Crippen LogP contribution in [0.15, 0.2) is 18.2 Å². The fourth-order valence-electron chi connectivity index (χ4n) is 2.92. The predicted octanol–water partition coefficient (Wildman–Crippen LogP) is 1.88. The van der Waals surface area contributed by atoms with Crippen LogP contribution in [0.4, 0.5) is 0 Å². The van der Waals surface area contributed by atoms with Gasteiger partial charge in [-0.1, -0.05) is 19.3 Å². The van der Waals surface area contributed by atoms with Gasteiger partial charge in [-0.3, -0.25) is 4.79 Å². The molecule has 0 radical (unpaired) electrons. The van der Waals surface area contributed by atoms with Crippen molar-refractivity contribution < 1.29 is 19.4 Å². The highest BCUT2D eigenvalue weighted by atomic mass is 16.6. The number of hydrogen-bond acceptors (Lipinski definition) is 4. The fourth-order valence-corrected chi connectivity index (χ4v) is 2.92. The summed E-state index contributed by atoms with van der Waals surface area (Å²) in [6.07, 6.45) is 4.73. The maximum absolute atomic E-state index is 12.2. The van der Waals surface area contributed by atoms with Crippen LogP contribution in [0.25, 0.3) is 0 Å². The molecule has 3 rings (SSSR count). The Hall–Kier alpha value is -1.75. The summed E-state index contributed by atoms with van der Waals surface area (Å²) in [4.78, 5) is 12.2. The van der Waals surface area contributed by atoms with Crippen molar-refractivity contribution in [1.29, 1.82) is 0 Å². The Bertz CT molecular complexity index is 523. The lowest BCUT2D eigenvalue weighted by atomic mass is 9.85. The van der Waals surface area contributed by atoms with E-state index in [2.05, 4.69) is 5.32 Å². The highest BCUT2D eigenvalue weighted by Crippen LogP contribution is 2.31. The molecule has 1 heterocycles. The van der Waals surface area contributed by atoms with Crippen LogP contribution < -0.4 is 14.8 Å². The predicted molar refractivity (Wildman–Crippen MR) is 77.8 cm³/mol. The summed E-state index contributed by atoms with van der Waals surface area (Å²) < 4.78 is 10.9. The number of benzene rings is 1. The van der Waals surface area contributed by atoms with Gasteiger partial charge in [0.25, 0.3) is 5.91 Å². The highest BCUT2D eigenvalue weighted by molar-refractivity contribution is 5.94. The van der Waals surface area contributed by atoms with Gasteiger partial charge in [-0.05, 0) is 31.0 Å². The van der Waals surface area contributed by atoms with E-state index in [9.17, 15) is 9.90 Å². The van der Waals surface area contributed by atoms with Gasteiger partial charge in [0.15, 0.2) is 11.5 Å². The summed E-state index contributed by atoms with van der Waals surface area (Å²) in [6, 6.07) is 5.15. The van der Waals surface area contributed by atoms with Crippen LogP contribution in [0.2, 0.25) is 0 Å². The third-order valence-electron chi connectivity index (χ3n) is 4.17. The summed E-state index contributed by atoms with van der Waals surface area (Å²) >= 11 is 0. The summed E-state index contributed by atoms with van der Waals surface area (Å²) in [6.45, 7) is 1.34. The van der Waals surface area contributed by atoms with E-state index in [4.69, 9.17) is 9.47 Å². The number of fused-ring (bicyclic) bond motifs is 1. The number of nitrogens with one attached hydrogen (secondary N) is 1. The molecule has 2 N–H and O–H groups in total. The minimum absolute atomic E-state index is 0.189. The average Bonchev–Trinajstić information content (AvgIpc) is 2.53. The second-order valence-corrected chi connectivity index (χ2v) is 5.83. The zero-order valence-electron chi connectivity index (χ0n) is 12.1. The van der Waals surface area contributed by atoms with E-state index in [1.807, 2.05) is 0 Å². The summed E-state index contributed by atoms with van der Waals surface area (Å²) in [5.41, 5.74) is -0.222. The molecule has 0 unspecified atom stereocenters. The van der Waals surface area contributed by atoms with E-state index in [1.54, 1.807) is 18.2 Å². The van der Waals surface area contributed by atoms with Crippen molar-refractivity contribution in [2.75, 3.05) is 19.8 Å². The third-order valence-corrected chi connectivity index (χ3v) is 4.17. The molecule has 0 saturated heterocycles. The molecule has 5 heteroatoms. The van der Waals surface area contributed by atoms with Gasteiger partial charge in [-0.2, -0.15) is 0 Å². The van der Waals surface area contributed by atoms with Crippen molar-refractivity contribution in [3.05, 3.63) is 23.8 Å². The van der Waals surface area contributed by atoms with Crippen LogP contribution in [0.1, 0.15) is 42.5 Å². The van der Waals surface area contributed by atoms with E-state index >= 15 is 0 Å². The Morgan fingerprint density at radius 2 is 1.86 bits per heavy atom. The average molecular weight is 291 g/mol. The van der Waals surface area contributed by atoms with Crippen molar-refractivity contribution in [1.82, 2.24) is 5.32 Å². The zero-order valence-corrected chi connectivity index (χ0v) is 12.1. The van der Waals surface area contributed by atoms with Gasteiger partial charge in [-0.15, -0.1) is 0 Å². The molecule has 1 amide bonds. The molecule has 1 aliphatic heterocycles. The van der Waals surface area contributed by atoms with E-state index in [-0.39, 0.29) is 5.91 Å². The van der Waals surface area contributed by atoms with Gasteiger partial charge in [-0.25, -0.2) is 0 Å². The molecule has 1 saturated carbocycles. The molecule has 1 aliphatic carbocycles. The van der Waals surface area contributed by atoms with E-state index in [1.165, 1.54) is 6.42 Å². The first-order valence-corrected chi connectivity index (χ1v) is 7.57. The summed E-state index contributed by atoms with van der Waals surface area (Å²) in [7, 11) is 0. The van der Waals surface area contributed by atoms with Crippen LogP contribution in [0.5, 0.6) is 11.5 Å². The third kappa shape index (κ3) is 3.29. The first-order valence-electron chi connectivity index (χ1n) is 7.57. The van der Waals surface area contributed by atoms with Gasteiger partial charge >= 0.3 is 0 Å². The number of amides is 1. The van der Waals surface area contributed by atoms with Gasteiger partial charge in [0.1, 0.15) is 13.2 Å². The molecule has 2 aliphatic rings. The largest absolute Gasteiger partial charge is 0.486 e. The smallest absolute Gasteiger partial charge is 0.251 e. The first-order chi connectivity index (χ1) is 10.2. The minimum Gasteiger partial charge on any atom is -0.486 e. The van der Waals surface area contributed by atoms with Crippen molar-refractivity contribution in [2.45, 2.75) is 37.7 Å². The van der Waals surface area contributed by atoms with Gasteiger partial charge in [0.05, 0.1) is 5.60 Å². The molecule has 1 aromatic rings. The van der Waals surface area contributed by atoms with Crippen LogP contribution in [0.3, 0.4) is 0 Å². The Labute approximate surface area is 124 Å². The lowest BCUT2D eigenvalue weighted by molar-refractivity contribution is 0.00525. The van der Waals surface area contributed by atoms with Gasteiger partial charge < -0.3 is 19.9 Å². The summed E-state index contributed by atoms with van der Waals surface area (Å²) in [5.74, 6) is 1.08.